The summed E-state index contributed by atoms with van der Waals surface area (Å²) in [5.41, 5.74) is -0.951. The Morgan fingerprint density at radius 2 is 1.97 bits per heavy atom. The zero-order valence-corrected chi connectivity index (χ0v) is 16.3. The number of hydrogen-bond acceptors (Lipinski definition) is 4. The largest absolute Gasteiger partial charge is 0.417 e. The van der Waals surface area contributed by atoms with E-state index in [2.05, 4.69) is 20.3 Å². The number of nitrogens with one attached hydrogen (secondary N) is 3. The highest BCUT2D eigenvalue weighted by Gasteiger charge is 2.33. The molecule has 2 aromatic heterocycles. The van der Waals surface area contributed by atoms with Crippen molar-refractivity contribution in [1.29, 1.82) is 5.41 Å². The quantitative estimate of drug-likeness (QED) is 0.487. The molecule has 1 amide bonds. The lowest BCUT2D eigenvalue weighted by atomic mass is 10.0. The highest BCUT2D eigenvalue weighted by Crippen LogP contribution is 2.32. The Morgan fingerprint density at radius 3 is 2.63 bits per heavy atom. The number of carbonyl (C=O) groups is 1. The molecule has 3 rings (SSSR count). The maximum Gasteiger partial charge on any atom is 0.417 e. The second-order valence-corrected chi connectivity index (χ2v) is 6.64. The van der Waals surface area contributed by atoms with Crippen molar-refractivity contribution >= 4 is 35.1 Å². The van der Waals surface area contributed by atoms with Gasteiger partial charge in [-0.2, -0.15) is 13.2 Å². The third kappa shape index (κ3) is 4.93. The molecular weight excluding hydrogens is 419 g/mol. The first kappa shape index (κ1) is 21.3. The van der Waals surface area contributed by atoms with Crippen molar-refractivity contribution in [2.24, 2.45) is 0 Å². The fraction of sp³-hybridized carbons (Fsp3) is 0.100. The van der Waals surface area contributed by atoms with Crippen LogP contribution in [0.4, 0.5) is 19.0 Å². The minimum absolute atomic E-state index is 0.0913. The van der Waals surface area contributed by atoms with Crippen LogP contribution in [0.1, 0.15) is 33.1 Å². The predicted octanol–water partition coefficient (Wildman–Crippen LogP) is 5.12. The fourth-order valence-corrected chi connectivity index (χ4v) is 2.74. The van der Waals surface area contributed by atoms with E-state index in [1.807, 2.05) is 0 Å². The monoisotopic (exact) mass is 433 g/mol. The van der Waals surface area contributed by atoms with Crippen LogP contribution < -0.4 is 5.32 Å². The summed E-state index contributed by atoms with van der Waals surface area (Å²) in [5, 5.41) is 11.0. The number of halogens is 4. The second kappa shape index (κ2) is 8.50. The van der Waals surface area contributed by atoms with Crippen molar-refractivity contribution in [2.75, 3.05) is 5.32 Å². The highest BCUT2D eigenvalue weighted by molar-refractivity contribution is 6.30. The summed E-state index contributed by atoms with van der Waals surface area (Å²) in [6, 6.07) is 7.93. The van der Waals surface area contributed by atoms with E-state index in [1.165, 1.54) is 42.6 Å². The molecule has 0 aliphatic heterocycles. The maximum absolute atomic E-state index is 13.1. The van der Waals surface area contributed by atoms with E-state index < -0.39 is 17.6 Å². The van der Waals surface area contributed by atoms with E-state index in [4.69, 9.17) is 17.0 Å². The summed E-state index contributed by atoms with van der Waals surface area (Å²) in [5.74, 6) is -0.0129. The van der Waals surface area contributed by atoms with E-state index in [0.29, 0.717) is 10.7 Å². The number of aromatic amines is 1. The molecular formula is C20H15ClF3N5O. The minimum Gasteiger partial charge on any atom is -0.342 e. The third-order valence-corrected chi connectivity index (χ3v) is 4.24. The van der Waals surface area contributed by atoms with Gasteiger partial charge < -0.3 is 15.7 Å². The zero-order valence-electron chi connectivity index (χ0n) is 15.5. The van der Waals surface area contributed by atoms with Crippen molar-refractivity contribution in [2.45, 2.75) is 13.1 Å². The summed E-state index contributed by atoms with van der Waals surface area (Å²) < 4.78 is 39.4. The third-order valence-electron chi connectivity index (χ3n) is 4.02. The van der Waals surface area contributed by atoms with Crippen molar-refractivity contribution in [3.05, 3.63) is 82.0 Å². The Bertz CT molecular complexity index is 1120. The lowest BCUT2D eigenvalue weighted by molar-refractivity contribution is -0.137. The van der Waals surface area contributed by atoms with Crippen LogP contribution >= 0.6 is 11.6 Å². The van der Waals surface area contributed by atoms with Gasteiger partial charge in [-0.3, -0.25) is 4.79 Å². The van der Waals surface area contributed by atoms with Crippen molar-refractivity contribution in [1.82, 2.24) is 15.0 Å². The van der Waals surface area contributed by atoms with Crippen LogP contribution in [0.2, 0.25) is 5.02 Å². The molecule has 2 heterocycles. The molecule has 3 aromatic rings. The van der Waals surface area contributed by atoms with E-state index in [1.54, 1.807) is 13.0 Å². The molecule has 30 heavy (non-hydrogen) atoms. The molecule has 0 aliphatic rings. The number of rotatable bonds is 5. The van der Waals surface area contributed by atoms with Crippen LogP contribution in [0.25, 0.3) is 6.08 Å². The second-order valence-electron chi connectivity index (χ2n) is 6.20. The van der Waals surface area contributed by atoms with Gasteiger partial charge in [0.05, 0.1) is 16.3 Å². The molecule has 10 heteroatoms. The average Bonchev–Trinajstić information content (AvgIpc) is 3.08. The van der Waals surface area contributed by atoms with E-state index in [9.17, 15) is 18.0 Å². The normalized spacial score (nSPS) is 11.6. The standard InChI is InChI=1S/C20H15ClF3N5O/c1-11-18(19(30)29-16-8-6-12(21)10-26-16)28-17(27-11)9-7-15(25)13-4-2-3-5-14(13)20(22,23)24/h2-10,25H,1H3,(H,27,28)(H,26,29,30)/b9-7-,25-15?. The van der Waals surface area contributed by atoms with Gasteiger partial charge in [0.15, 0.2) is 0 Å². The Labute approximate surface area is 174 Å². The lowest BCUT2D eigenvalue weighted by Crippen LogP contribution is -2.14. The van der Waals surface area contributed by atoms with Crippen molar-refractivity contribution in [3.8, 4) is 0 Å². The first-order valence-corrected chi connectivity index (χ1v) is 8.95. The first-order chi connectivity index (χ1) is 14.1. The van der Waals surface area contributed by atoms with Crippen LogP contribution in [0.3, 0.4) is 0 Å². The molecule has 0 radical (unpaired) electrons. The molecule has 154 valence electrons. The zero-order chi connectivity index (χ0) is 21.9. The van der Waals surface area contributed by atoms with Crippen LogP contribution in [0.5, 0.6) is 0 Å². The van der Waals surface area contributed by atoms with Gasteiger partial charge in [0, 0.05) is 17.5 Å². The van der Waals surface area contributed by atoms with Crippen LogP contribution in [0, 0.1) is 12.3 Å². The summed E-state index contributed by atoms with van der Waals surface area (Å²) in [7, 11) is 0. The Balaban J connectivity index is 1.77. The number of amides is 1. The number of aryl methyl sites for hydroxylation is 1. The maximum atomic E-state index is 13.1. The Kier molecular flexibility index (Phi) is 6.02. The number of nitrogens with zero attached hydrogens (tertiary/aromatic N) is 2. The molecule has 0 saturated heterocycles. The molecule has 1 aromatic carbocycles. The van der Waals surface area contributed by atoms with Crippen LogP contribution in [-0.4, -0.2) is 26.6 Å². The molecule has 3 N–H and O–H groups in total. The topological polar surface area (TPSA) is 94.5 Å². The fourth-order valence-electron chi connectivity index (χ4n) is 2.63. The number of H-pyrrole nitrogens is 1. The molecule has 0 fully saturated rings. The Morgan fingerprint density at radius 1 is 1.23 bits per heavy atom. The lowest BCUT2D eigenvalue weighted by Gasteiger charge is -2.11. The number of benzene rings is 1. The van der Waals surface area contributed by atoms with Gasteiger partial charge >= 0.3 is 6.18 Å². The number of allylic oxidation sites excluding steroid dienone is 1. The van der Waals surface area contributed by atoms with Crippen molar-refractivity contribution < 1.29 is 18.0 Å². The number of carbonyl (C=O) groups excluding carboxylic acids is 1. The highest BCUT2D eigenvalue weighted by atomic mass is 35.5. The summed E-state index contributed by atoms with van der Waals surface area (Å²) in [6.07, 6.45) is -0.669. The Hall–Kier alpha value is -3.46. The number of anilines is 1. The van der Waals surface area contributed by atoms with Gasteiger partial charge in [-0.1, -0.05) is 29.8 Å². The molecule has 0 saturated carbocycles. The molecule has 0 bridgehead atoms. The molecule has 0 atom stereocenters. The van der Waals surface area contributed by atoms with Gasteiger partial charge in [0.25, 0.3) is 5.91 Å². The van der Waals surface area contributed by atoms with E-state index in [-0.39, 0.29) is 28.6 Å². The van der Waals surface area contributed by atoms with Gasteiger partial charge in [-0.05, 0) is 37.3 Å². The van der Waals surface area contributed by atoms with Crippen molar-refractivity contribution in [3.63, 3.8) is 0 Å². The van der Waals surface area contributed by atoms with Gasteiger partial charge in [0.2, 0.25) is 0 Å². The van der Waals surface area contributed by atoms with Crippen LogP contribution in [0.15, 0.2) is 48.7 Å². The summed E-state index contributed by atoms with van der Waals surface area (Å²) >= 11 is 5.75. The number of aromatic nitrogens is 3. The first-order valence-electron chi connectivity index (χ1n) is 8.58. The summed E-state index contributed by atoms with van der Waals surface area (Å²) in [6.45, 7) is 1.62. The van der Waals surface area contributed by atoms with E-state index >= 15 is 0 Å². The average molecular weight is 434 g/mol. The van der Waals surface area contributed by atoms with Gasteiger partial charge in [0.1, 0.15) is 17.3 Å². The number of hydrogen-bond donors (Lipinski definition) is 3. The predicted molar refractivity (Wildman–Crippen MR) is 108 cm³/mol. The van der Waals surface area contributed by atoms with E-state index in [0.717, 1.165) is 6.07 Å². The molecule has 0 unspecified atom stereocenters. The van der Waals surface area contributed by atoms with Gasteiger partial charge in [-0.25, -0.2) is 9.97 Å². The van der Waals surface area contributed by atoms with Crippen LogP contribution in [-0.2, 0) is 6.18 Å². The number of alkyl halides is 3. The molecule has 6 nitrogen and oxygen atoms in total. The number of imidazole rings is 1. The van der Waals surface area contributed by atoms with Gasteiger partial charge in [-0.15, -0.1) is 0 Å². The SMILES string of the molecule is Cc1[nH]c(/C=C\C(=N)c2ccccc2C(F)(F)F)nc1C(=O)Nc1ccc(Cl)cn1. The smallest absolute Gasteiger partial charge is 0.342 e. The minimum atomic E-state index is -4.57. The molecule has 0 aliphatic carbocycles. The number of pyridine rings is 1. The summed E-state index contributed by atoms with van der Waals surface area (Å²) in [4.78, 5) is 23.3. The molecule has 0 spiro atoms.